The van der Waals surface area contributed by atoms with Gasteiger partial charge in [0.2, 0.25) is 0 Å². The zero-order valence-electron chi connectivity index (χ0n) is 12.7. The smallest absolute Gasteiger partial charge is 0.337 e. The van der Waals surface area contributed by atoms with Crippen LogP contribution in [0.2, 0.25) is 15.1 Å². The lowest BCUT2D eigenvalue weighted by molar-refractivity contribution is 0.0697. The van der Waals surface area contributed by atoms with Crippen molar-refractivity contribution in [2.45, 2.75) is 6.92 Å². The average molecular weight is 418 g/mol. The quantitative estimate of drug-likeness (QED) is 0.626. The van der Waals surface area contributed by atoms with Gasteiger partial charge in [-0.05, 0) is 49.0 Å². The molecule has 0 unspecified atom stereocenters. The molecule has 3 N–H and O–H groups in total. The van der Waals surface area contributed by atoms with E-state index in [2.05, 4.69) is 10.6 Å². The van der Waals surface area contributed by atoms with Gasteiger partial charge in [-0.1, -0.05) is 40.9 Å². The zero-order valence-corrected chi connectivity index (χ0v) is 15.8. The molecule has 0 atom stereocenters. The molecule has 0 aliphatic heterocycles. The van der Waals surface area contributed by atoms with Crippen molar-refractivity contribution in [3.8, 4) is 0 Å². The van der Waals surface area contributed by atoms with E-state index in [0.717, 1.165) is 5.56 Å². The molecule has 0 aromatic heterocycles. The van der Waals surface area contributed by atoms with Gasteiger partial charge in [-0.25, -0.2) is 4.79 Å². The van der Waals surface area contributed by atoms with Gasteiger partial charge < -0.3 is 10.4 Å². The van der Waals surface area contributed by atoms with Crippen molar-refractivity contribution in [3.05, 3.63) is 62.1 Å². The van der Waals surface area contributed by atoms with Crippen molar-refractivity contribution in [2.75, 3.05) is 5.32 Å². The average Bonchev–Trinajstić information content (AvgIpc) is 2.52. The molecule has 1 amide bonds. The third-order valence-corrected chi connectivity index (χ3v) is 4.43. The lowest BCUT2D eigenvalue weighted by Gasteiger charge is -2.12. The van der Waals surface area contributed by atoms with Gasteiger partial charge in [0.15, 0.2) is 5.11 Å². The van der Waals surface area contributed by atoms with E-state index in [9.17, 15) is 9.59 Å². The fraction of sp³-hybridized carbons (Fsp3) is 0.0625. The zero-order chi connectivity index (χ0) is 18.7. The summed E-state index contributed by atoms with van der Waals surface area (Å²) in [5.41, 5.74) is 1.23. The number of aromatic carboxylic acids is 1. The van der Waals surface area contributed by atoms with E-state index in [-0.39, 0.29) is 26.4 Å². The van der Waals surface area contributed by atoms with Crippen LogP contribution in [0.1, 0.15) is 26.3 Å². The molecule has 2 rings (SSSR count). The third kappa shape index (κ3) is 4.83. The third-order valence-electron chi connectivity index (χ3n) is 3.20. The number of nitrogens with one attached hydrogen (secondary N) is 2. The van der Waals surface area contributed by atoms with Crippen molar-refractivity contribution in [2.24, 2.45) is 0 Å². The normalized spacial score (nSPS) is 10.2. The van der Waals surface area contributed by atoms with E-state index < -0.39 is 11.9 Å². The fourth-order valence-electron chi connectivity index (χ4n) is 1.87. The highest BCUT2D eigenvalue weighted by atomic mass is 35.5. The lowest BCUT2D eigenvalue weighted by atomic mass is 10.1. The highest BCUT2D eigenvalue weighted by molar-refractivity contribution is 7.80. The Morgan fingerprint density at radius 1 is 1.04 bits per heavy atom. The summed E-state index contributed by atoms with van der Waals surface area (Å²) in [6.07, 6.45) is 0. The number of carboxylic acids is 1. The van der Waals surface area contributed by atoms with Gasteiger partial charge in [0.05, 0.1) is 21.3 Å². The lowest BCUT2D eigenvalue weighted by Crippen LogP contribution is -2.34. The number of benzene rings is 2. The highest BCUT2D eigenvalue weighted by Gasteiger charge is 2.15. The molecule has 0 saturated heterocycles. The summed E-state index contributed by atoms with van der Waals surface area (Å²) < 4.78 is 0. The first kappa shape index (κ1) is 19.5. The van der Waals surface area contributed by atoms with Crippen molar-refractivity contribution >= 4 is 69.7 Å². The number of carbonyl (C=O) groups excluding carboxylic acids is 1. The maximum atomic E-state index is 12.2. The number of thiocarbonyl (C=S) groups is 1. The molecule has 0 fully saturated rings. The molecule has 2 aromatic rings. The SMILES string of the molecule is Cc1ccc(C(=O)NC(=S)Nc2cc(C(=O)O)c(Cl)cc2Cl)cc1Cl. The van der Waals surface area contributed by atoms with Crippen LogP contribution in [0.3, 0.4) is 0 Å². The van der Waals surface area contributed by atoms with Crippen LogP contribution >= 0.6 is 47.0 Å². The fourth-order valence-corrected chi connectivity index (χ4v) is 2.77. The molecule has 130 valence electrons. The van der Waals surface area contributed by atoms with E-state index in [0.29, 0.717) is 10.6 Å². The number of anilines is 1. The van der Waals surface area contributed by atoms with Gasteiger partial charge in [-0.15, -0.1) is 0 Å². The monoisotopic (exact) mass is 416 g/mol. The van der Waals surface area contributed by atoms with Crippen molar-refractivity contribution < 1.29 is 14.7 Å². The highest BCUT2D eigenvalue weighted by Crippen LogP contribution is 2.29. The number of aryl methyl sites for hydroxylation is 1. The van der Waals surface area contributed by atoms with Crippen LogP contribution in [0.15, 0.2) is 30.3 Å². The summed E-state index contributed by atoms with van der Waals surface area (Å²) in [6.45, 7) is 1.82. The van der Waals surface area contributed by atoms with Crippen LogP contribution in [0.4, 0.5) is 5.69 Å². The van der Waals surface area contributed by atoms with Gasteiger partial charge in [0.25, 0.3) is 5.91 Å². The topological polar surface area (TPSA) is 78.4 Å². The number of hydrogen-bond acceptors (Lipinski definition) is 3. The Balaban J connectivity index is 2.14. The number of hydrogen-bond donors (Lipinski definition) is 3. The Kier molecular flexibility index (Phi) is 6.24. The summed E-state index contributed by atoms with van der Waals surface area (Å²) in [4.78, 5) is 23.3. The number of rotatable bonds is 3. The van der Waals surface area contributed by atoms with Crippen LogP contribution in [-0.4, -0.2) is 22.1 Å². The van der Waals surface area contributed by atoms with E-state index in [4.69, 9.17) is 52.1 Å². The van der Waals surface area contributed by atoms with Crippen LogP contribution in [0, 0.1) is 6.92 Å². The molecule has 0 bridgehead atoms. The standard InChI is InChI=1S/C16H11Cl3N2O3S/c1-7-2-3-8(4-10(7)17)14(22)21-16(25)20-13-5-9(15(23)24)11(18)6-12(13)19/h2-6H,1H3,(H,23,24)(H2,20,21,22,25). The van der Waals surface area contributed by atoms with E-state index in [1.54, 1.807) is 12.1 Å². The van der Waals surface area contributed by atoms with Gasteiger partial charge in [0, 0.05) is 10.6 Å². The van der Waals surface area contributed by atoms with Gasteiger partial charge >= 0.3 is 5.97 Å². The first-order chi connectivity index (χ1) is 11.7. The molecule has 0 spiro atoms. The minimum atomic E-state index is -1.21. The van der Waals surface area contributed by atoms with Crippen LogP contribution < -0.4 is 10.6 Å². The Morgan fingerprint density at radius 2 is 1.72 bits per heavy atom. The summed E-state index contributed by atoms with van der Waals surface area (Å²) in [6, 6.07) is 7.35. The predicted octanol–water partition coefficient (Wildman–Crippen LogP) is 4.78. The first-order valence-corrected chi connectivity index (χ1v) is 8.34. The van der Waals surface area contributed by atoms with E-state index >= 15 is 0 Å². The van der Waals surface area contributed by atoms with Gasteiger partial charge in [0.1, 0.15) is 0 Å². The summed E-state index contributed by atoms with van der Waals surface area (Å²) in [5.74, 6) is -1.68. The van der Waals surface area contributed by atoms with E-state index in [1.165, 1.54) is 18.2 Å². The maximum absolute atomic E-state index is 12.2. The molecule has 25 heavy (non-hydrogen) atoms. The molecule has 0 aliphatic carbocycles. The molecule has 0 aliphatic rings. The number of amides is 1. The molecule has 5 nitrogen and oxygen atoms in total. The van der Waals surface area contributed by atoms with Crippen LogP contribution in [0.5, 0.6) is 0 Å². The minimum absolute atomic E-state index is 0.00713. The number of carbonyl (C=O) groups is 2. The number of carboxylic acid groups (broad SMARTS) is 1. The van der Waals surface area contributed by atoms with E-state index in [1.807, 2.05) is 6.92 Å². The molecule has 0 heterocycles. The second-order valence-electron chi connectivity index (χ2n) is 4.99. The van der Waals surface area contributed by atoms with Gasteiger partial charge in [-0.3, -0.25) is 10.1 Å². The van der Waals surface area contributed by atoms with Gasteiger partial charge in [-0.2, -0.15) is 0 Å². The minimum Gasteiger partial charge on any atom is -0.478 e. The molecule has 2 aromatic carbocycles. The van der Waals surface area contributed by atoms with Crippen LogP contribution in [0.25, 0.3) is 0 Å². The summed E-state index contributed by atoms with van der Waals surface area (Å²) >= 11 is 22.9. The maximum Gasteiger partial charge on any atom is 0.337 e. The molecular weight excluding hydrogens is 407 g/mol. The number of halogens is 3. The first-order valence-electron chi connectivity index (χ1n) is 6.80. The summed E-state index contributed by atoms with van der Waals surface area (Å²) in [5, 5.41) is 14.8. The van der Waals surface area contributed by atoms with Crippen molar-refractivity contribution in [1.29, 1.82) is 0 Å². The Hall–Kier alpha value is -1.86. The van der Waals surface area contributed by atoms with Crippen molar-refractivity contribution in [3.63, 3.8) is 0 Å². The molecule has 0 radical (unpaired) electrons. The second kappa shape index (κ2) is 8.01. The second-order valence-corrected chi connectivity index (χ2v) is 6.62. The Bertz CT molecular complexity index is 887. The predicted molar refractivity (Wildman–Crippen MR) is 103 cm³/mol. The largest absolute Gasteiger partial charge is 0.478 e. The molecular formula is C16H11Cl3N2O3S. The Labute approximate surface area is 163 Å². The molecule has 0 saturated carbocycles. The van der Waals surface area contributed by atoms with Crippen LogP contribution in [-0.2, 0) is 0 Å². The molecule has 9 heteroatoms. The van der Waals surface area contributed by atoms with Crippen molar-refractivity contribution in [1.82, 2.24) is 5.32 Å². The Morgan fingerprint density at radius 3 is 2.32 bits per heavy atom. The summed E-state index contributed by atoms with van der Waals surface area (Å²) in [7, 11) is 0.